The molecule has 2 aromatic rings. The lowest BCUT2D eigenvalue weighted by Gasteiger charge is -2.24. The molecule has 6 nitrogen and oxygen atoms in total. The molecule has 0 unspecified atom stereocenters. The van der Waals surface area contributed by atoms with Crippen LogP contribution in [0.4, 0.5) is 5.82 Å². The van der Waals surface area contributed by atoms with Crippen LogP contribution in [0.5, 0.6) is 5.75 Å². The van der Waals surface area contributed by atoms with Crippen molar-refractivity contribution in [2.45, 2.75) is 11.9 Å². The highest BCUT2D eigenvalue weighted by Gasteiger charge is 2.30. The van der Waals surface area contributed by atoms with Gasteiger partial charge in [-0.2, -0.15) is 5.10 Å². The van der Waals surface area contributed by atoms with E-state index in [4.69, 9.17) is 9.47 Å². The second-order valence-corrected chi connectivity index (χ2v) is 7.04. The van der Waals surface area contributed by atoms with Crippen LogP contribution in [0.15, 0.2) is 22.8 Å². The number of hydrogen-bond donors (Lipinski definition) is 2. The molecular weight excluding hydrogens is 370 g/mol. The first-order chi connectivity index (χ1) is 10.7. The minimum atomic E-state index is -0.0360. The van der Waals surface area contributed by atoms with E-state index in [1.54, 1.807) is 18.0 Å². The van der Waals surface area contributed by atoms with Crippen molar-refractivity contribution in [1.29, 1.82) is 0 Å². The summed E-state index contributed by atoms with van der Waals surface area (Å²) in [6.07, 6.45) is 1.76. The average Bonchev–Trinajstić information content (AvgIpc) is 2.89. The van der Waals surface area contributed by atoms with E-state index in [0.717, 1.165) is 26.9 Å². The Kier molecular flexibility index (Phi) is 3.59. The second kappa shape index (κ2) is 5.60. The highest BCUT2D eigenvalue weighted by atomic mass is 79.9. The maximum absolute atomic E-state index is 11.8. The number of hydrogen-bond acceptors (Lipinski definition) is 5. The second-order valence-electron chi connectivity index (χ2n) is 5.03. The molecule has 8 heteroatoms. The van der Waals surface area contributed by atoms with E-state index in [1.807, 2.05) is 12.1 Å². The van der Waals surface area contributed by atoms with E-state index in [2.05, 4.69) is 31.4 Å². The number of carbonyl (C=O) groups is 1. The highest BCUT2D eigenvalue weighted by molar-refractivity contribution is 9.10. The Morgan fingerprint density at radius 1 is 1.36 bits per heavy atom. The third-order valence-electron chi connectivity index (χ3n) is 3.58. The van der Waals surface area contributed by atoms with Crippen LogP contribution in [-0.4, -0.2) is 28.7 Å². The lowest BCUT2D eigenvalue weighted by molar-refractivity contribution is -0.113. The zero-order chi connectivity index (χ0) is 15.1. The van der Waals surface area contributed by atoms with Gasteiger partial charge in [0.05, 0.1) is 23.8 Å². The smallest absolute Gasteiger partial charge is 0.235 e. The summed E-state index contributed by atoms with van der Waals surface area (Å²) in [7, 11) is 0. The highest BCUT2D eigenvalue weighted by Crippen LogP contribution is 2.46. The fraction of sp³-hybridized carbons (Fsp3) is 0.286. The Bertz CT molecular complexity index is 749. The van der Waals surface area contributed by atoms with Crippen molar-refractivity contribution in [3.63, 3.8) is 0 Å². The zero-order valence-electron chi connectivity index (χ0n) is 11.4. The molecule has 0 aliphatic carbocycles. The molecule has 1 aromatic carbocycles. The summed E-state index contributed by atoms with van der Waals surface area (Å²) in [6, 6.07) is 4.04. The Labute approximate surface area is 139 Å². The van der Waals surface area contributed by atoms with Gasteiger partial charge in [-0.1, -0.05) is 15.9 Å². The van der Waals surface area contributed by atoms with Crippen molar-refractivity contribution < 1.29 is 14.3 Å². The lowest BCUT2D eigenvalue weighted by Crippen LogP contribution is -2.14. The van der Waals surface area contributed by atoms with Crippen LogP contribution in [0.1, 0.15) is 21.9 Å². The maximum atomic E-state index is 11.8. The third kappa shape index (κ3) is 2.41. The molecule has 0 saturated heterocycles. The number of fused-ring (bicyclic) bond motifs is 2. The van der Waals surface area contributed by atoms with Gasteiger partial charge in [-0.3, -0.25) is 9.89 Å². The number of nitrogens with zero attached hydrogens (tertiary/aromatic N) is 1. The van der Waals surface area contributed by atoms with Crippen LogP contribution in [0, 0.1) is 0 Å². The van der Waals surface area contributed by atoms with Crippen molar-refractivity contribution >= 4 is 39.4 Å². The molecule has 1 aromatic heterocycles. The van der Waals surface area contributed by atoms with Gasteiger partial charge in [0, 0.05) is 21.2 Å². The van der Waals surface area contributed by atoms with Gasteiger partial charge >= 0.3 is 0 Å². The normalized spacial score (nSPS) is 20.4. The third-order valence-corrected chi connectivity index (χ3v) is 5.31. The summed E-state index contributed by atoms with van der Waals surface area (Å²) in [5.74, 6) is 1.84. The topological polar surface area (TPSA) is 76.2 Å². The number of amides is 1. The molecule has 2 N–H and O–H groups in total. The molecule has 0 spiro atoms. The van der Waals surface area contributed by atoms with Crippen LogP contribution < -0.4 is 10.1 Å². The summed E-state index contributed by atoms with van der Waals surface area (Å²) in [5, 5.41) is 9.72. The number of thioether (sulfide) groups is 1. The fourth-order valence-electron chi connectivity index (χ4n) is 2.68. The molecule has 0 fully saturated rings. The quantitative estimate of drug-likeness (QED) is 0.793. The Hall–Kier alpha value is -1.51. The molecule has 114 valence electrons. The first kappa shape index (κ1) is 14.1. The van der Waals surface area contributed by atoms with E-state index in [-0.39, 0.29) is 18.0 Å². The monoisotopic (exact) mass is 381 g/mol. The molecule has 2 aliphatic rings. The summed E-state index contributed by atoms with van der Waals surface area (Å²) >= 11 is 5.10. The molecule has 2 aliphatic heterocycles. The standard InChI is InChI=1S/C14H12BrN3O3S/c15-8-1-7-4-20-6-21-12(7)9(2-8)13-10-3-16-18-14(10)17-11(19)5-22-13/h1-3,13H,4-6H2,(H2,16,17,18,19)/t13-/m1/s1. The van der Waals surface area contributed by atoms with Crippen molar-refractivity contribution in [2.24, 2.45) is 0 Å². The van der Waals surface area contributed by atoms with Gasteiger partial charge in [0.25, 0.3) is 0 Å². The maximum Gasteiger partial charge on any atom is 0.235 e. The summed E-state index contributed by atoms with van der Waals surface area (Å²) < 4.78 is 12.0. The van der Waals surface area contributed by atoms with E-state index >= 15 is 0 Å². The van der Waals surface area contributed by atoms with Crippen LogP contribution in [0.3, 0.4) is 0 Å². The predicted octanol–water partition coefficient (Wildman–Crippen LogP) is 2.81. The molecule has 0 radical (unpaired) electrons. The number of H-pyrrole nitrogens is 1. The average molecular weight is 382 g/mol. The minimum absolute atomic E-state index is 0.0305. The number of aromatic nitrogens is 2. The number of aromatic amines is 1. The largest absolute Gasteiger partial charge is 0.467 e. The van der Waals surface area contributed by atoms with Gasteiger partial charge in [0.15, 0.2) is 6.79 Å². The number of rotatable bonds is 1. The predicted molar refractivity (Wildman–Crippen MR) is 85.9 cm³/mol. The van der Waals surface area contributed by atoms with Crippen molar-refractivity contribution in [3.8, 4) is 5.75 Å². The Morgan fingerprint density at radius 2 is 2.27 bits per heavy atom. The van der Waals surface area contributed by atoms with Gasteiger partial charge in [0.1, 0.15) is 11.6 Å². The lowest BCUT2D eigenvalue weighted by atomic mass is 10.0. The molecular formula is C14H12BrN3O3S. The Morgan fingerprint density at radius 3 is 3.18 bits per heavy atom. The van der Waals surface area contributed by atoms with Crippen LogP contribution in [-0.2, 0) is 16.1 Å². The first-order valence-corrected chi connectivity index (χ1v) is 8.54. The molecule has 1 atom stereocenters. The SMILES string of the molecule is O=C1CS[C@H](c2cc(Br)cc3c2OCOC3)c2cn[nH]c2N1. The van der Waals surface area contributed by atoms with Crippen molar-refractivity contribution in [1.82, 2.24) is 10.2 Å². The van der Waals surface area contributed by atoms with Gasteiger partial charge < -0.3 is 14.8 Å². The van der Waals surface area contributed by atoms with Gasteiger partial charge in [-0.25, -0.2) is 0 Å². The van der Waals surface area contributed by atoms with Crippen molar-refractivity contribution in [3.05, 3.63) is 39.5 Å². The zero-order valence-corrected chi connectivity index (χ0v) is 13.8. The van der Waals surface area contributed by atoms with E-state index in [0.29, 0.717) is 18.2 Å². The number of carbonyl (C=O) groups excluding carboxylic acids is 1. The molecule has 0 bridgehead atoms. The molecule has 4 rings (SSSR count). The van der Waals surface area contributed by atoms with Gasteiger partial charge in [0.2, 0.25) is 5.91 Å². The number of benzene rings is 1. The van der Waals surface area contributed by atoms with Crippen LogP contribution in [0.25, 0.3) is 0 Å². The summed E-state index contributed by atoms with van der Waals surface area (Å²) in [5.41, 5.74) is 2.98. The number of ether oxygens (including phenoxy) is 2. The molecule has 22 heavy (non-hydrogen) atoms. The fourth-order valence-corrected chi connectivity index (χ4v) is 4.31. The summed E-state index contributed by atoms with van der Waals surface area (Å²) in [6.45, 7) is 0.767. The molecule has 1 amide bonds. The summed E-state index contributed by atoms with van der Waals surface area (Å²) in [4.78, 5) is 11.8. The van der Waals surface area contributed by atoms with E-state index in [1.165, 1.54) is 0 Å². The first-order valence-electron chi connectivity index (χ1n) is 6.70. The molecule has 3 heterocycles. The Balaban J connectivity index is 1.85. The number of halogens is 1. The van der Waals surface area contributed by atoms with Crippen molar-refractivity contribution in [2.75, 3.05) is 17.9 Å². The number of nitrogens with one attached hydrogen (secondary N) is 2. The van der Waals surface area contributed by atoms with Gasteiger partial charge in [-0.05, 0) is 12.1 Å². The van der Waals surface area contributed by atoms with Gasteiger partial charge in [-0.15, -0.1) is 11.8 Å². The van der Waals surface area contributed by atoms with Crippen LogP contribution in [0.2, 0.25) is 0 Å². The molecule has 0 saturated carbocycles. The minimum Gasteiger partial charge on any atom is -0.467 e. The van der Waals surface area contributed by atoms with Crippen LogP contribution >= 0.6 is 27.7 Å². The van der Waals surface area contributed by atoms with E-state index < -0.39 is 0 Å². The van der Waals surface area contributed by atoms with E-state index in [9.17, 15) is 4.79 Å². The number of anilines is 1.